The van der Waals surface area contributed by atoms with Gasteiger partial charge >= 0.3 is 0 Å². The van der Waals surface area contributed by atoms with Crippen molar-refractivity contribution >= 4 is 0 Å². The minimum atomic E-state index is -1.27. The molecule has 0 aromatic rings. The zero-order valence-electron chi connectivity index (χ0n) is 8.48. The molecule has 1 rings (SSSR count). The summed E-state index contributed by atoms with van der Waals surface area (Å²) >= 11 is 0. The van der Waals surface area contributed by atoms with Crippen molar-refractivity contribution in [1.82, 2.24) is 0 Å². The van der Waals surface area contributed by atoms with Crippen LogP contribution in [0.1, 0.15) is 45.4 Å². The third-order valence-corrected chi connectivity index (χ3v) is 2.84. The molecule has 13 heavy (non-hydrogen) atoms. The Morgan fingerprint density at radius 1 is 1.38 bits per heavy atom. The van der Waals surface area contributed by atoms with E-state index in [2.05, 4.69) is 6.08 Å². The lowest BCUT2D eigenvalue weighted by Gasteiger charge is -2.23. The molecule has 2 heteroatoms. The molecule has 0 aliphatic heterocycles. The van der Waals surface area contributed by atoms with Crippen molar-refractivity contribution in [3.05, 3.63) is 11.6 Å². The van der Waals surface area contributed by atoms with Gasteiger partial charge in [0.25, 0.3) is 0 Å². The molecule has 0 amide bonds. The molecular formula is C11H20FN. The number of halogens is 1. The van der Waals surface area contributed by atoms with E-state index in [1.807, 2.05) is 0 Å². The van der Waals surface area contributed by atoms with E-state index in [0.29, 0.717) is 0 Å². The molecule has 0 radical (unpaired) electrons. The molecule has 0 saturated heterocycles. The summed E-state index contributed by atoms with van der Waals surface area (Å²) in [7, 11) is 0. The van der Waals surface area contributed by atoms with E-state index in [9.17, 15) is 4.39 Å². The molecule has 1 aliphatic carbocycles. The van der Waals surface area contributed by atoms with Crippen LogP contribution in [0.2, 0.25) is 0 Å². The van der Waals surface area contributed by atoms with Crippen LogP contribution in [-0.2, 0) is 0 Å². The molecule has 76 valence electrons. The van der Waals surface area contributed by atoms with Gasteiger partial charge in [-0.2, -0.15) is 0 Å². The van der Waals surface area contributed by atoms with Crippen LogP contribution >= 0.6 is 0 Å². The number of alkyl halides is 1. The lowest BCUT2D eigenvalue weighted by atomic mass is 9.89. The zero-order chi connectivity index (χ0) is 9.73. The molecule has 0 saturated carbocycles. The molecule has 0 heterocycles. The van der Waals surface area contributed by atoms with Gasteiger partial charge in [0.2, 0.25) is 0 Å². The predicted molar refractivity (Wildman–Crippen MR) is 54.4 cm³/mol. The summed E-state index contributed by atoms with van der Waals surface area (Å²) in [4.78, 5) is 0. The van der Waals surface area contributed by atoms with Gasteiger partial charge in [0.1, 0.15) is 5.67 Å². The zero-order valence-corrected chi connectivity index (χ0v) is 8.48. The summed E-state index contributed by atoms with van der Waals surface area (Å²) in [5.74, 6) is 0. The van der Waals surface area contributed by atoms with Gasteiger partial charge in [-0.15, -0.1) is 0 Å². The highest BCUT2D eigenvalue weighted by Crippen LogP contribution is 2.28. The Labute approximate surface area is 80.2 Å². The smallest absolute Gasteiger partial charge is 0.141 e. The molecule has 0 bridgehead atoms. The van der Waals surface area contributed by atoms with E-state index in [1.165, 1.54) is 19.3 Å². The van der Waals surface area contributed by atoms with Gasteiger partial charge in [-0.05, 0) is 38.2 Å². The lowest BCUT2D eigenvalue weighted by molar-refractivity contribution is 0.240. The Balaban J connectivity index is 2.63. The fourth-order valence-corrected chi connectivity index (χ4v) is 1.80. The van der Waals surface area contributed by atoms with Gasteiger partial charge in [-0.3, -0.25) is 0 Å². The third kappa shape index (κ3) is 3.11. The maximum absolute atomic E-state index is 13.8. The van der Waals surface area contributed by atoms with E-state index < -0.39 is 5.67 Å². The molecule has 0 fully saturated rings. The van der Waals surface area contributed by atoms with E-state index in [4.69, 9.17) is 5.73 Å². The van der Waals surface area contributed by atoms with Crippen molar-refractivity contribution in [3.8, 4) is 0 Å². The second-order valence-corrected chi connectivity index (χ2v) is 4.08. The average molecular weight is 185 g/mol. The Bertz CT molecular complexity index is 185. The molecule has 0 aromatic carbocycles. The van der Waals surface area contributed by atoms with Crippen molar-refractivity contribution < 1.29 is 4.39 Å². The molecule has 1 nitrogen and oxygen atoms in total. The van der Waals surface area contributed by atoms with Gasteiger partial charge < -0.3 is 5.73 Å². The molecule has 2 N–H and O–H groups in total. The van der Waals surface area contributed by atoms with Crippen LogP contribution < -0.4 is 5.73 Å². The van der Waals surface area contributed by atoms with Crippen molar-refractivity contribution in [3.63, 3.8) is 0 Å². The van der Waals surface area contributed by atoms with Gasteiger partial charge in [0.05, 0.1) is 0 Å². The van der Waals surface area contributed by atoms with Gasteiger partial charge in [0, 0.05) is 6.54 Å². The molecule has 0 spiro atoms. The molecule has 1 atom stereocenters. The van der Waals surface area contributed by atoms with Crippen LogP contribution in [0.5, 0.6) is 0 Å². The van der Waals surface area contributed by atoms with Crippen LogP contribution in [0.4, 0.5) is 4.39 Å². The molecule has 0 aromatic heterocycles. The Kier molecular flexibility index (Phi) is 3.91. The first-order valence-electron chi connectivity index (χ1n) is 5.25. The number of hydrogen-bond acceptors (Lipinski definition) is 1. The van der Waals surface area contributed by atoms with Crippen LogP contribution in [0.3, 0.4) is 0 Å². The number of rotatable bonds is 2. The number of allylic oxidation sites excluding steroid dienone is 1. The Hall–Kier alpha value is -0.370. The first-order chi connectivity index (χ1) is 6.17. The normalized spacial score (nSPS) is 24.1. The monoisotopic (exact) mass is 185 g/mol. The Morgan fingerprint density at radius 3 is 2.77 bits per heavy atom. The van der Waals surface area contributed by atoms with Crippen LogP contribution in [0, 0.1) is 0 Å². The molecular weight excluding hydrogens is 165 g/mol. The fraction of sp³-hybridized carbons (Fsp3) is 0.818. The van der Waals surface area contributed by atoms with E-state index in [-0.39, 0.29) is 6.54 Å². The largest absolute Gasteiger partial charge is 0.327 e. The summed E-state index contributed by atoms with van der Waals surface area (Å²) < 4.78 is 13.8. The Morgan fingerprint density at radius 2 is 2.08 bits per heavy atom. The highest BCUT2D eigenvalue weighted by Gasteiger charge is 2.26. The van der Waals surface area contributed by atoms with Gasteiger partial charge in [0.15, 0.2) is 0 Å². The standard InChI is InChI=1S/C11H20FN/c1-11(12,9-13)10-7-5-3-2-4-6-8-10/h7H,2-6,8-9,13H2,1H3. The number of hydrogen-bond donors (Lipinski definition) is 1. The maximum atomic E-state index is 13.8. The third-order valence-electron chi connectivity index (χ3n) is 2.84. The van der Waals surface area contributed by atoms with Crippen molar-refractivity contribution in [2.75, 3.05) is 6.54 Å². The first-order valence-corrected chi connectivity index (χ1v) is 5.25. The van der Waals surface area contributed by atoms with Crippen LogP contribution in [0.25, 0.3) is 0 Å². The topological polar surface area (TPSA) is 26.0 Å². The average Bonchev–Trinajstić information content (AvgIpc) is 2.03. The molecule has 1 aliphatic rings. The minimum absolute atomic E-state index is 0.110. The van der Waals surface area contributed by atoms with E-state index in [0.717, 1.165) is 24.8 Å². The van der Waals surface area contributed by atoms with Crippen molar-refractivity contribution in [2.24, 2.45) is 5.73 Å². The highest BCUT2D eigenvalue weighted by molar-refractivity contribution is 5.16. The predicted octanol–water partition coefficient (Wildman–Crippen LogP) is 2.95. The molecule has 1 unspecified atom stereocenters. The summed E-state index contributed by atoms with van der Waals surface area (Å²) in [6, 6.07) is 0. The SMILES string of the molecule is CC(F)(CN)C1=CCCCCCC1. The van der Waals surface area contributed by atoms with Crippen LogP contribution in [0.15, 0.2) is 11.6 Å². The fourth-order valence-electron chi connectivity index (χ4n) is 1.80. The van der Waals surface area contributed by atoms with Crippen molar-refractivity contribution in [2.45, 2.75) is 51.1 Å². The lowest BCUT2D eigenvalue weighted by Crippen LogP contribution is -2.31. The van der Waals surface area contributed by atoms with E-state index >= 15 is 0 Å². The highest BCUT2D eigenvalue weighted by atomic mass is 19.1. The second-order valence-electron chi connectivity index (χ2n) is 4.08. The van der Waals surface area contributed by atoms with Crippen molar-refractivity contribution in [1.29, 1.82) is 0 Å². The minimum Gasteiger partial charge on any atom is -0.327 e. The summed E-state index contributed by atoms with van der Waals surface area (Å²) in [5.41, 5.74) is 5.07. The summed E-state index contributed by atoms with van der Waals surface area (Å²) in [6.07, 6.45) is 8.81. The summed E-state index contributed by atoms with van der Waals surface area (Å²) in [6.45, 7) is 1.71. The van der Waals surface area contributed by atoms with Crippen LogP contribution in [-0.4, -0.2) is 12.2 Å². The quantitative estimate of drug-likeness (QED) is 0.658. The summed E-state index contributed by atoms with van der Waals surface area (Å²) in [5, 5.41) is 0. The first kappa shape index (κ1) is 10.7. The maximum Gasteiger partial charge on any atom is 0.141 e. The van der Waals surface area contributed by atoms with E-state index in [1.54, 1.807) is 6.92 Å². The van der Waals surface area contributed by atoms with Gasteiger partial charge in [-0.25, -0.2) is 4.39 Å². The van der Waals surface area contributed by atoms with Gasteiger partial charge in [-0.1, -0.05) is 18.9 Å². The second kappa shape index (κ2) is 4.75. The number of nitrogens with two attached hydrogens (primary N) is 1.